The van der Waals surface area contributed by atoms with Gasteiger partial charge in [0.2, 0.25) is 0 Å². The average molecular weight is 294 g/mol. The molecule has 0 spiro atoms. The van der Waals surface area contributed by atoms with Crippen molar-refractivity contribution < 1.29 is 14.3 Å². The lowest BCUT2D eigenvalue weighted by Gasteiger charge is -2.06. The Morgan fingerprint density at radius 2 is 2.20 bits per heavy atom. The fourth-order valence-corrected chi connectivity index (χ4v) is 2.78. The summed E-state index contributed by atoms with van der Waals surface area (Å²) in [5.74, 6) is -0.334. The van der Waals surface area contributed by atoms with Gasteiger partial charge in [-0.25, -0.2) is 4.39 Å². The van der Waals surface area contributed by atoms with Crippen LogP contribution in [-0.2, 0) is 11.8 Å². The summed E-state index contributed by atoms with van der Waals surface area (Å²) in [5.41, 5.74) is 0.677. The number of anilines is 1. The van der Waals surface area contributed by atoms with E-state index in [1.807, 2.05) is 0 Å². The number of carbonyl (C=O) groups excluding carboxylic acids is 1. The number of aliphatic hydroxyl groups is 1. The summed E-state index contributed by atoms with van der Waals surface area (Å²) in [6, 6.07) is 2.66. The van der Waals surface area contributed by atoms with E-state index in [4.69, 9.17) is 0 Å². The van der Waals surface area contributed by atoms with Crippen LogP contribution in [0.15, 0.2) is 22.2 Å². The van der Waals surface area contributed by atoms with E-state index in [-0.39, 0.29) is 5.56 Å². The summed E-state index contributed by atoms with van der Waals surface area (Å²) < 4.78 is 15.8. The Morgan fingerprint density at radius 3 is 2.85 bits per heavy atom. The van der Waals surface area contributed by atoms with Crippen molar-refractivity contribution in [3.63, 3.8) is 0 Å². The van der Waals surface area contributed by atoms with Crippen LogP contribution < -0.4 is 5.32 Å². The van der Waals surface area contributed by atoms with Gasteiger partial charge in [-0.3, -0.25) is 4.79 Å². The van der Waals surface area contributed by atoms with Gasteiger partial charge in [0.25, 0.3) is 5.91 Å². The van der Waals surface area contributed by atoms with Gasteiger partial charge in [-0.15, -0.1) is 10.2 Å². The second kappa shape index (κ2) is 4.57. The molecule has 1 aliphatic rings. The number of fused-ring (bicyclic) bond motifs is 1. The van der Waals surface area contributed by atoms with E-state index in [0.717, 1.165) is 17.6 Å². The SMILES string of the molecule is Cc1nnc(Sc2cc3c(cc2F)C(O)C(=O)N3)n1C. The zero-order valence-electron chi connectivity index (χ0n) is 10.7. The fraction of sp³-hybridized carbons (Fsp3) is 0.250. The van der Waals surface area contributed by atoms with E-state index >= 15 is 0 Å². The van der Waals surface area contributed by atoms with Crippen molar-refractivity contribution in [1.29, 1.82) is 0 Å². The lowest BCUT2D eigenvalue weighted by atomic mass is 10.1. The predicted molar refractivity (Wildman–Crippen MR) is 69.9 cm³/mol. The molecule has 20 heavy (non-hydrogen) atoms. The number of aliphatic hydroxyl groups excluding tert-OH is 1. The van der Waals surface area contributed by atoms with Gasteiger partial charge in [-0.2, -0.15) is 0 Å². The first kappa shape index (κ1) is 13.1. The Balaban J connectivity index is 1.98. The van der Waals surface area contributed by atoms with Crippen LogP contribution in [0.1, 0.15) is 17.5 Å². The monoisotopic (exact) mass is 294 g/mol. The van der Waals surface area contributed by atoms with Gasteiger partial charge in [0.05, 0.1) is 4.90 Å². The maximum Gasteiger partial charge on any atom is 0.257 e. The summed E-state index contributed by atoms with van der Waals surface area (Å²) in [6.07, 6.45) is -1.31. The molecule has 0 saturated heterocycles. The number of amides is 1. The largest absolute Gasteiger partial charge is 0.378 e. The molecular weight excluding hydrogens is 283 g/mol. The van der Waals surface area contributed by atoms with Gasteiger partial charge < -0.3 is 15.0 Å². The first-order valence-corrected chi connectivity index (χ1v) is 6.65. The normalized spacial score (nSPS) is 17.2. The van der Waals surface area contributed by atoms with Crippen molar-refractivity contribution in [2.24, 2.45) is 7.05 Å². The number of halogens is 1. The van der Waals surface area contributed by atoms with Gasteiger partial charge in [0.1, 0.15) is 11.6 Å². The smallest absolute Gasteiger partial charge is 0.257 e. The molecule has 1 atom stereocenters. The molecule has 1 amide bonds. The molecule has 2 aromatic rings. The molecule has 0 bridgehead atoms. The van der Waals surface area contributed by atoms with E-state index < -0.39 is 17.8 Å². The Labute approximate surface area is 118 Å². The van der Waals surface area contributed by atoms with Crippen LogP contribution in [0.2, 0.25) is 0 Å². The molecule has 1 unspecified atom stereocenters. The van der Waals surface area contributed by atoms with Crippen LogP contribution in [-0.4, -0.2) is 25.8 Å². The highest BCUT2D eigenvalue weighted by Gasteiger charge is 2.30. The maximum absolute atomic E-state index is 14.0. The van der Waals surface area contributed by atoms with E-state index in [9.17, 15) is 14.3 Å². The minimum atomic E-state index is -1.31. The number of nitrogens with one attached hydrogen (secondary N) is 1. The van der Waals surface area contributed by atoms with Gasteiger partial charge in [0.15, 0.2) is 11.3 Å². The third-order valence-corrected chi connectivity index (χ3v) is 4.23. The van der Waals surface area contributed by atoms with Crippen molar-refractivity contribution in [3.8, 4) is 0 Å². The summed E-state index contributed by atoms with van der Waals surface area (Å²) in [6.45, 7) is 1.80. The Hall–Kier alpha value is -1.93. The number of rotatable bonds is 2. The highest BCUT2D eigenvalue weighted by Crippen LogP contribution is 2.37. The highest BCUT2D eigenvalue weighted by molar-refractivity contribution is 7.99. The molecular formula is C12H11FN4O2S. The molecule has 1 aromatic carbocycles. The van der Waals surface area contributed by atoms with E-state index in [1.165, 1.54) is 12.1 Å². The molecule has 0 aliphatic carbocycles. The number of nitrogens with zero attached hydrogens (tertiary/aromatic N) is 3. The Morgan fingerprint density at radius 1 is 1.45 bits per heavy atom. The average Bonchev–Trinajstić information content (AvgIpc) is 2.86. The standard InChI is InChI=1S/C12H11FN4O2S/c1-5-15-16-12(17(5)2)20-9-4-8-6(3-7(9)13)10(18)11(19)14-8/h3-4,10,18H,1-2H3,(H,14,19). The van der Waals surface area contributed by atoms with Crippen LogP contribution >= 0.6 is 11.8 Å². The van der Waals surface area contributed by atoms with Gasteiger partial charge in [-0.05, 0) is 30.8 Å². The molecule has 0 saturated carbocycles. The molecule has 6 nitrogen and oxygen atoms in total. The number of carbonyl (C=O) groups is 1. The molecule has 104 valence electrons. The summed E-state index contributed by atoms with van der Waals surface area (Å²) >= 11 is 1.11. The van der Waals surface area contributed by atoms with Crippen molar-refractivity contribution in [2.45, 2.75) is 23.1 Å². The maximum atomic E-state index is 14.0. The van der Waals surface area contributed by atoms with Crippen LogP contribution in [0.25, 0.3) is 0 Å². The number of aryl methyl sites for hydroxylation is 1. The Bertz CT molecular complexity index is 716. The minimum Gasteiger partial charge on any atom is -0.378 e. The zero-order valence-corrected chi connectivity index (χ0v) is 11.5. The molecule has 1 aromatic heterocycles. The topological polar surface area (TPSA) is 80.0 Å². The molecule has 0 fully saturated rings. The number of hydrogen-bond acceptors (Lipinski definition) is 5. The van der Waals surface area contributed by atoms with Gasteiger partial charge >= 0.3 is 0 Å². The molecule has 0 radical (unpaired) electrons. The van der Waals surface area contributed by atoms with E-state index in [0.29, 0.717) is 15.7 Å². The molecule has 2 heterocycles. The number of benzene rings is 1. The van der Waals surface area contributed by atoms with E-state index in [2.05, 4.69) is 15.5 Å². The van der Waals surface area contributed by atoms with Crippen LogP contribution in [0.4, 0.5) is 10.1 Å². The first-order valence-electron chi connectivity index (χ1n) is 5.83. The third kappa shape index (κ3) is 1.97. The zero-order chi connectivity index (χ0) is 14.4. The summed E-state index contributed by atoms with van der Waals surface area (Å²) in [4.78, 5) is 11.7. The van der Waals surface area contributed by atoms with Crippen molar-refractivity contribution in [2.75, 3.05) is 5.32 Å². The Kier molecular flexibility index (Phi) is 2.98. The fourth-order valence-electron chi connectivity index (χ4n) is 1.90. The first-order chi connectivity index (χ1) is 9.47. The second-order valence-electron chi connectivity index (χ2n) is 4.45. The van der Waals surface area contributed by atoms with Gasteiger partial charge in [0, 0.05) is 18.3 Å². The number of aromatic nitrogens is 3. The number of hydrogen-bond donors (Lipinski definition) is 2. The minimum absolute atomic E-state index is 0.256. The lowest BCUT2D eigenvalue weighted by Crippen LogP contribution is -2.10. The quantitative estimate of drug-likeness (QED) is 0.875. The molecule has 1 aliphatic heterocycles. The predicted octanol–water partition coefficient (Wildman–Crippen LogP) is 1.40. The highest BCUT2D eigenvalue weighted by atomic mass is 32.2. The van der Waals surface area contributed by atoms with Crippen LogP contribution in [0, 0.1) is 12.7 Å². The lowest BCUT2D eigenvalue weighted by molar-refractivity contribution is -0.123. The molecule has 3 rings (SSSR count). The third-order valence-electron chi connectivity index (χ3n) is 3.16. The van der Waals surface area contributed by atoms with Crippen molar-refractivity contribution in [1.82, 2.24) is 14.8 Å². The van der Waals surface area contributed by atoms with Crippen molar-refractivity contribution >= 4 is 23.4 Å². The summed E-state index contributed by atoms with van der Waals surface area (Å²) in [5, 5.41) is 20.5. The van der Waals surface area contributed by atoms with Crippen molar-refractivity contribution in [3.05, 3.63) is 29.3 Å². The molecule has 8 heteroatoms. The van der Waals surface area contributed by atoms with E-state index in [1.54, 1.807) is 18.5 Å². The van der Waals surface area contributed by atoms with Crippen LogP contribution in [0.3, 0.4) is 0 Å². The summed E-state index contributed by atoms with van der Waals surface area (Å²) in [7, 11) is 1.79. The van der Waals surface area contributed by atoms with Crippen LogP contribution in [0.5, 0.6) is 0 Å². The second-order valence-corrected chi connectivity index (χ2v) is 5.46. The van der Waals surface area contributed by atoms with Gasteiger partial charge in [-0.1, -0.05) is 0 Å². The molecule has 2 N–H and O–H groups in total.